The lowest BCUT2D eigenvalue weighted by atomic mass is 10.2. The highest BCUT2D eigenvalue weighted by molar-refractivity contribution is 5.89. The van der Waals surface area contributed by atoms with Crippen LogP contribution in [0.3, 0.4) is 0 Å². The average molecular weight is 320 g/mol. The summed E-state index contributed by atoms with van der Waals surface area (Å²) >= 11 is 0. The van der Waals surface area contributed by atoms with Crippen LogP contribution in [0.15, 0.2) is 42.9 Å². The zero-order valence-electron chi connectivity index (χ0n) is 13.4. The molecule has 0 aliphatic rings. The Labute approximate surface area is 138 Å². The molecule has 0 bridgehead atoms. The number of hydrogen-bond donors (Lipinski definition) is 1. The van der Waals surface area contributed by atoms with E-state index < -0.39 is 0 Å². The van der Waals surface area contributed by atoms with Gasteiger partial charge in [-0.3, -0.25) is 0 Å². The molecule has 7 heteroatoms. The quantitative estimate of drug-likeness (QED) is 0.625. The smallest absolute Gasteiger partial charge is 0.141 e. The molecule has 4 rings (SSSR count). The first-order valence-electron chi connectivity index (χ1n) is 7.58. The highest BCUT2D eigenvalue weighted by atomic mass is 16.5. The SMILES string of the molecule is COc1ccc(Cn2nc(C)c(-c3ncnc4[nH]ccc34)n2)cc1. The Bertz CT molecular complexity index is 986. The van der Waals surface area contributed by atoms with Crippen molar-refractivity contribution in [3.05, 3.63) is 54.1 Å². The minimum Gasteiger partial charge on any atom is -0.497 e. The predicted octanol–water partition coefficient (Wildman–Crippen LogP) is 2.58. The summed E-state index contributed by atoms with van der Waals surface area (Å²) in [5, 5.41) is 10.1. The predicted molar refractivity (Wildman–Crippen MR) is 89.7 cm³/mol. The van der Waals surface area contributed by atoms with Gasteiger partial charge in [-0.05, 0) is 30.7 Å². The second-order valence-corrected chi connectivity index (χ2v) is 5.47. The van der Waals surface area contributed by atoms with Crippen LogP contribution >= 0.6 is 0 Å². The van der Waals surface area contributed by atoms with Gasteiger partial charge in [0.25, 0.3) is 0 Å². The zero-order valence-corrected chi connectivity index (χ0v) is 13.4. The highest BCUT2D eigenvalue weighted by Gasteiger charge is 2.15. The Kier molecular flexibility index (Phi) is 3.45. The van der Waals surface area contributed by atoms with Crippen LogP contribution < -0.4 is 4.74 Å². The van der Waals surface area contributed by atoms with Gasteiger partial charge in [-0.1, -0.05) is 12.1 Å². The molecule has 120 valence electrons. The maximum absolute atomic E-state index is 5.18. The minimum atomic E-state index is 0.589. The second kappa shape index (κ2) is 5.77. The number of aromatic amines is 1. The van der Waals surface area contributed by atoms with E-state index in [4.69, 9.17) is 4.74 Å². The van der Waals surface area contributed by atoms with Crippen molar-refractivity contribution in [2.75, 3.05) is 7.11 Å². The fourth-order valence-corrected chi connectivity index (χ4v) is 2.68. The van der Waals surface area contributed by atoms with Crippen LogP contribution in [0.4, 0.5) is 0 Å². The molecule has 24 heavy (non-hydrogen) atoms. The summed E-state index contributed by atoms with van der Waals surface area (Å²) in [5.41, 5.74) is 4.30. The average Bonchev–Trinajstić information content (AvgIpc) is 3.22. The summed E-state index contributed by atoms with van der Waals surface area (Å²) < 4.78 is 5.18. The number of rotatable bonds is 4. The maximum Gasteiger partial charge on any atom is 0.141 e. The topological polar surface area (TPSA) is 81.5 Å². The number of H-pyrrole nitrogens is 1. The van der Waals surface area contributed by atoms with Crippen LogP contribution in [0.1, 0.15) is 11.3 Å². The maximum atomic E-state index is 5.18. The number of aromatic nitrogens is 6. The number of hydrogen-bond acceptors (Lipinski definition) is 5. The van der Waals surface area contributed by atoms with E-state index in [1.165, 1.54) is 6.33 Å². The van der Waals surface area contributed by atoms with Crippen LogP contribution in [-0.2, 0) is 6.54 Å². The van der Waals surface area contributed by atoms with Crippen molar-refractivity contribution < 1.29 is 4.74 Å². The van der Waals surface area contributed by atoms with Gasteiger partial charge in [-0.2, -0.15) is 15.0 Å². The Morgan fingerprint density at radius 1 is 1.04 bits per heavy atom. The molecule has 0 spiro atoms. The molecule has 0 saturated heterocycles. The van der Waals surface area contributed by atoms with Crippen molar-refractivity contribution in [1.29, 1.82) is 0 Å². The molecule has 0 saturated carbocycles. The third-order valence-corrected chi connectivity index (χ3v) is 3.88. The molecular weight excluding hydrogens is 304 g/mol. The number of aryl methyl sites for hydroxylation is 1. The molecule has 0 radical (unpaired) electrons. The van der Waals surface area contributed by atoms with Crippen LogP contribution in [0.25, 0.3) is 22.4 Å². The van der Waals surface area contributed by atoms with Gasteiger partial charge < -0.3 is 9.72 Å². The lowest BCUT2D eigenvalue weighted by Crippen LogP contribution is -2.04. The molecule has 3 heterocycles. The summed E-state index contributed by atoms with van der Waals surface area (Å²) in [6.07, 6.45) is 3.38. The van der Waals surface area contributed by atoms with Crippen molar-refractivity contribution in [2.24, 2.45) is 0 Å². The van der Waals surface area contributed by atoms with Crippen LogP contribution in [0.5, 0.6) is 5.75 Å². The number of ether oxygens (including phenoxy) is 1. The van der Waals surface area contributed by atoms with Gasteiger partial charge in [0.05, 0.1) is 19.3 Å². The molecule has 0 atom stereocenters. The molecule has 1 N–H and O–H groups in total. The minimum absolute atomic E-state index is 0.589. The van der Waals surface area contributed by atoms with Gasteiger partial charge >= 0.3 is 0 Å². The molecule has 7 nitrogen and oxygen atoms in total. The summed E-state index contributed by atoms with van der Waals surface area (Å²) in [5.74, 6) is 0.833. The fraction of sp³-hybridized carbons (Fsp3) is 0.176. The van der Waals surface area contributed by atoms with Gasteiger partial charge in [0.2, 0.25) is 0 Å². The largest absolute Gasteiger partial charge is 0.497 e. The molecule has 0 amide bonds. The first kappa shape index (κ1) is 14.4. The van der Waals surface area contributed by atoms with E-state index in [-0.39, 0.29) is 0 Å². The monoisotopic (exact) mass is 320 g/mol. The van der Waals surface area contributed by atoms with Crippen LogP contribution in [-0.4, -0.2) is 37.1 Å². The summed E-state index contributed by atoms with van der Waals surface area (Å²) in [6, 6.07) is 9.83. The first-order valence-corrected chi connectivity index (χ1v) is 7.58. The molecule has 0 unspecified atom stereocenters. The lowest BCUT2D eigenvalue weighted by molar-refractivity contribution is 0.414. The fourth-order valence-electron chi connectivity index (χ4n) is 2.68. The number of methoxy groups -OCH3 is 1. The second-order valence-electron chi connectivity index (χ2n) is 5.47. The normalized spacial score (nSPS) is 11.1. The van der Waals surface area contributed by atoms with E-state index in [9.17, 15) is 0 Å². The van der Waals surface area contributed by atoms with E-state index in [0.717, 1.165) is 39.4 Å². The van der Waals surface area contributed by atoms with E-state index in [1.54, 1.807) is 11.9 Å². The van der Waals surface area contributed by atoms with Gasteiger partial charge in [-0.25, -0.2) is 9.97 Å². The molecule has 4 aromatic rings. The van der Waals surface area contributed by atoms with E-state index >= 15 is 0 Å². The number of nitrogens with zero attached hydrogens (tertiary/aromatic N) is 5. The van der Waals surface area contributed by atoms with Crippen LogP contribution in [0, 0.1) is 6.92 Å². The summed E-state index contributed by atoms with van der Waals surface area (Å²) in [4.78, 5) is 13.4. The van der Waals surface area contributed by atoms with Gasteiger partial charge in [0, 0.05) is 11.6 Å². The first-order chi connectivity index (χ1) is 11.7. The molecule has 0 fully saturated rings. The Morgan fingerprint density at radius 3 is 2.67 bits per heavy atom. The van der Waals surface area contributed by atoms with Gasteiger partial charge in [0.15, 0.2) is 0 Å². The number of nitrogens with one attached hydrogen (secondary N) is 1. The molecule has 1 aromatic carbocycles. The van der Waals surface area contributed by atoms with E-state index in [1.807, 2.05) is 43.5 Å². The van der Waals surface area contributed by atoms with Crippen molar-refractivity contribution in [3.63, 3.8) is 0 Å². The third-order valence-electron chi connectivity index (χ3n) is 3.88. The van der Waals surface area contributed by atoms with Gasteiger partial charge in [0.1, 0.15) is 29.1 Å². The lowest BCUT2D eigenvalue weighted by Gasteiger charge is -2.03. The highest BCUT2D eigenvalue weighted by Crippen LogP contribution is 2.25. The number of fused-ring (bicyclic) bond motifs is 1. The number of benzene rings is 1. The van der Waals surface area contributed by atoms with Crippen molar-refractivity contribution in [3.8, 4) is 17.1 Å². The third kappa shape index (κ3) is 2.50. The standard InChI is InChI=1S/C17H16N6O/c1-11-15(16-14-7-8-18-17(14)20-10-19-16)22-23(21-11)9-12-3-5-13(24-2)6-4-12/h3-8,10H,9H2,1-2H3,(H,18,19,20). The van der Waals surface area contributed by atoms with Crippen LogP contribution in [0.2, 0.25) is 0 Å². The van der Waals surface area contributed by atoms with Crippen molar-refractivity contribution in [2.45, 2.75) is 13.5 Å². The van der Waals surface area contributed by atoms with Crippen molar-refractivity contribution >= 4 is 11.0 Å². The van der Waals surface area contributed by atoms with E-state index in [0.29, 0.717) is 6.54 Å². The molecule has 0 aliphatic carbocycles. The molecule has 3 aromatic heterocycles. The molecule has 0 aliphatic heterocycles. The zero-order chi connectivity index (χ0) is 16.5. The Balaban J connectivity index is 1.68. The van der Waals surface area contributed by atoms with Gasteiger partial charge in [-0.15, -0.1) is 0 Å². The summed E-state index contributed by atoms with van der Waals surface area (Å²) in [7, 11) is 1.66. The van der Waals surface area contributed by atoms with E-state index in [2.05, 4.69) is 25.1 Å². The Morgan fingerprint density at radius 2 is 1.88 bits per heavy atom. The summed E-state index contributed by atoms with van der Waals surface area (Å²) in [6.45, 7) is 2.53. The van der Waals surface area contributed by atoms with Crippen molar-refractivity contribution in [1.82, 2.24) is 29.9 Å². The Hall–Kier alpha value is -3.22. The molecular formula is C17H16N6O.